The third-order valence-electron chi connectivity index (χ3n) is 4.11. The SMILES string of the molecule is O=C(O)c1cnc2c(N3CCOCC3)nc(-c3ccccc3)nc2c1. The van der Waals surface area contributed by atoms with Crippen LogP contribution in [0, 0.1) is 0 Å². The van der Waals surface area contributed by atoms with Crippen LogP contribution in [0.4, 0.5) is 5.82 Å². The number of nitrogens with zero attached hydrogens (tertiary/aromatic N) is 4. The summed E-state index contributed by atoms with van der Waals surface area (Å²) in [6.45, 7) is 2.67. The predicted octanol–water partition coefficient (Wildman–Crippen LogP) is 2.23. The molecule has 0 atom stereocenters. The van der Waals surface area contributed by atoms with E-state index in [4.69, 9.17) is 9.72 Å². The summed E-state index contributed by atoms with van der Waals surface area (Å²) in [5.74, 6) is 0.241. The third kappa shape index (κ3) is 3.01. The molecule has 3 aromatic rings. The first-order valence-corrected chi connectivity index (χ1v) is 8.01. The van der Waals surface area contributed by atoms with Crippen LogP contribution in [0.2, 0.25) is 0 Å². The Labute approximate surface area is 143 Å². The quantitative estimate of drug-likeness (QED) is 0.784. The maximum atomic E-state index is 11.3. The minimum atomic E-state index is -1.03. The molecule has 2 aromatic heterocycles. The fourth-order valence-electron chi connectivity index (χ4n) is 2.83. The molecule has 3 heterocycles. The highest BCUT2D eigenvalue weighted by atomic mass is 16.5. The lowest BCUT2D eigenvalue weighted by atomic mass is 10.2. The smallest absolute Gasteiger partial charge is 0.337 e. The zero-order chi connectivity index (χ0) is 17.2. The molecule has 0 radical (unpaired) electrons. The second-order valence-electron chi connectivity index (χ2n) is 5.73. The normalized spacial score (nSPS) is 14.6. The molecule has 1 saturated heterocycles. The monoisotopic (exact) mass is 336 g/mol. The molecule has 0 bridgehead atoms. The highest BCUT2D eigenvalue weighted by Crippen LogP contribution is 2.27. The molecule has 1 fully saturated rings. The molecule has 126 valence electrons. The van der Waals surface area contributed by atoms with Gasteiger partial charge in [0.1, 0.15) is 5.52 Å². The number of aromatic nitrogens is 3. The van der Waals surface area contributed by atoms with Crippen molar-refractivity contribution >= 4 is 22.8 Å². The van der Waals surface area contributed by atoms with Crippen LogP contribution in [-0.2, 0) is 4.74 Å². The zero-order valence-electron chi connectivity index (χ0n) is 13.4. The van der Waals surface area contributed by atoms with Gasteiger partial charge in [0.15, 0.2) is 11.6 Å². The van der Waals surface area contributed by atoms with Crippen molar-refractivity contribution in [3.8, 4) is 11.4 Å². The van der Waals surface area contributed by atoms with Crippen LogP contribution < -0.4 is 4.90 Å². The molecular weight excluding hydrogens is 320 g/mol. The van der Waals surface area contributed by atoms with Crippen LogP contribution in [0.5, 0.6) is 0 Å². The predicted molar refractivity (Wildman–Crippen MR) is 92.8 cm³/mol. The van der Waals surface area contributed by atoms with E-state index >= 15 is 0 Å². The van der Waals surface area contributed by atoms with Gasteiger partial charge in [0, 0.05) is 24.8 Å². The maximum Gasteiger partial charge on any atom is 0.337 e. The van der Waals surface area contributed by atoms with Crippen LogP contribution in [0.15, 0.2) is 42.6 Å². The lowest BCUT2D eigenvalue weighted by molar-refractivity contribution is 0.0696. The lowest BCUT2D eigenvalue weighted by Gasteiger charge is -2.28. The van der Waals surface area contributed by atoms with E-state index in [9.17, 15) is 9.90 Å². The highest BCUT2D eigenvalue weighted by molar-refractivity contribution is 5.94. The van der Waals surface area contributed by atoms with Crippen LogP contribution in [-0.4, -0.2) is 52.3 Å². The lowest BCUT2D eigenvalue weighted by Crippen LogP contribution is -2.37. The number of pyridine rings is 1. The molecule has 1 N–H and O–H groups in total. The Balaban J connectivity index is 1.92. The van der Waals surface area contributed by atoms with Crippen molar-refractivity contribution in [2.75, 3.05) is 31.2 Å². The van der Waals surface area contributed by atoms with E-state index in [0.29, 0.717) is 49.0 Å². The van der Waals surface area contributed by atoms with Gasteiger partial charge >= 0.3 is 5.97 Å². The Hall–Kier alpha value is -3.06. The van der Waals surface area contributed by atoms with Gasteiger partial charge in [-0.2, -0.15) is 0 Å². The van der Waals surface area contributed by atoms with E-state index in [0.717, 1.165) is 5.56 Å². The van der Waals surface area contributed by atoms with Gasteiger partial charge in [0.2, 0.25) is 0 Å². The molecule has 0 aliphatic carbocycles. The minimum absolute atomic E-state index is 0.109. The number of hydrogen-bond donors (Lipinski definition) is 1. The van der Waals surface area contributed by atoms with Crippen LogP contribution in [0.25, 0.3) is 22.4 Å². The fraction of sp³-hybridized carbons (Fsp3) is 0.222. The molecule has 7 heteroatoms. The first kappa shape index (κ1) is 15.5. The van der Waals surface area contributed by atoms with Gasteiger partial charge in [-0.05, 0) is 6.07 Å². The average Bonchev–Trinajstić information content (AvgIpc) is 2.68. The molecule has 0 amide bonds. The summed E-state index contributed by atoms with van der Waals surface area (Å²) in [6, 6.07) is 11.2. The molecule has 1 aliphatic heterocycles. The minimum Gasteiger partial charge on any atom is -0.478 e. The maximum absolute atomic E-state index is 11.3. The second kappa shape index (κ2) is 6.45. The molecule has 1 aromatic carbocycles. The molecule has 0 spiro atoms. The van der Waals surface area contributed by atoms with Crippen LogP contribution in [0.3, 0.4) is 0 Å². The summed E-state index contributed by atoms with van der Waals surface area (Å²) in [6.07, 6.45) is 1.35. The van der Waals surface area contributed by atoms with Crippen LogP contribution >= 0.6 is 0 Å². The van der Waals surface area contributed by atoms with E-state index < -0.39 is 5.97 Å². The molecular formula is C18H16N4O3. The largest absolute Gasteiger partial charge is 0.478 e. The van der Waals surface area contributed by atoms with Crippen molar-refractivity contribution in [3.63, 3.8) is 0 Å². The molecule has 1 aliphatic rings. The van der Waals surface area contributed by atoms with Gasteiger partial charge in [-0.25, -0.2) is 19.7 Å². The van der Waals surface area contributed by atoms with Crippen molar-refractivity contribution in [1.29, 1.82) is 0 Å². The number of hydrogen-bond acceptors (Lipinski definition) is 6. The van der Waals surface area contributed by atoms with Gasteiger partial charge in [-0.3, -0.25) is 0 Å². The number of fused-ring (bicyclic) bond motifs is 1. The summed E-state index contributed by atoms with van der Waals surface area (Å²) >= 11 is 0. The van der Waals surface area contributed by atoms with Crippen molar-refractivity contribution in [1.82, 2.24) is 15.0 Å². The Kier molecular flexibility index (Phi) is 3.99. The van der Waals surface area contributed by atoms with E-state index in [1.165, 1.54) is 6.20 Å². The molecule has 25 heavy (non-hydrogen) atoms. The number of benzene rings is 1. The number of aromatic carboxylic acids is 1. The number of carboxylic acids is 1. The average molecular weight is 336 g/mol. The summed E-state index contributed by atoms with van der Waals surface area (Å²) in [5.41, 5.74) is 2.11. The molecule has 0 unspecified atom stereocenters. The first-order valence-electron chi connectivity index (χ1n) is 8.01. The standard InChI is InChI=1S/C18H16N4O3/c23-18(24)13-10-14-15(19-11-13)17(22-6-8-25-9-7-22)21-16(20-14)12-4-2-1-3-5-12/h1-5,10-11H,6-9H2,(H,23,24). The van der Waals surface area contributed by atoms with Gasteiger partial charge in [-0.1, -0.05) is 30.3 Å². The Morgan fingerprint density at radius 3 is 2.60 bits per heavy atom. The first-order chi connectivity index (χ1) is 12.2. The summed E-state index contributed by atoms with van der Waals surface area (Å²) in [4.78, 5) is 27.0. The van der Waals surface area contributed by atoms with Gasteiger partial charge < -0.3 is 14.7 Å². The Morgan fingerprint density at radius 1 is 1.12 bits per heavy atom. The summed E-state index contributed by atoms with van der Waals surface area (Å²) in [5, 5.41) is 9.24. The number of rotatable bonds is 3. The molecule has 4 rings (SSSR count). The molecule has 0 saturated carbocycles. The fourth-order valence-corrected chi connectivity index (χ4v) is 2.83. The van der Waals surface area contributed by atoms with Crippen molar-refractivity contribution in [2.24, 2.45) is 0 Å². The number of ether oxygens (including phenoxy) is 1. The number of carboxylic acid groups (broad SMARTS) is 1. The van der Waals surface area contributed by atoms with E-state index in [1.807, 2.05) is 30.3 Å². The van der Waals surface area contributed by atoms with E-state index in [2.05, 4.69) is 14.9 Å². The second-order valence-corrected chi connectivity index (χ2v) is 5.73. The van der Waals surface area contributed by atoms with Crippen molar-refractivity contribution in [3.05, 3.63) is 48.2 Å². The third-order valence-corrected chi connectivity index (χ3v) is 4.11. The van der Waals surface area contributed by atoms with E-state index in [1.54, 1.807) is 6.07 Å². The highest BCUT2D eigenvalue weighted by Gasteiger charge is 2.19. The number of anilines is 1. The Morgan fingerprint density at radius 2 is 1.88 bits per heavy atom. The van der Waals surface area contributed by atoms with Gasteiger partial charge in [0.25, 0.3) is 0 Å². The Bertz CT molecular complexity index is 924. The summed E-state index contributed by atoms with van der Waals surface area (Å²) in [7, 11) is 0. The van der Waals surface area contributed by atoms with Gasteiger partial charge in [0.05, 0.1) is 24.3 Å². The number of morpholine rings is 1. The zero-order valence-corrected chi connectivity index (χ0v) is 13.4. The van der Waals surface area contributed by atoms with Crippen LogP contribution in [0.1, 0.15) is 10.4 Å². The van der Waals surface area contributed by atoms with Crippen molar-refractivity contribution < 1.29 is 14.6 Å². The van der Waals surface area contributed by atoms with Gasteiger partial charge in [-0.15, -0.1) is 0 Å². The number of carbonyl (C=O) groups is 1. The summed E-state index contributed by atoms with van der Waals surface area (Å²) < 4.78 is 5.42. The topological polar surface area (TPSA) is 88.4 Å². The molecule has 7 nitrogen and oxygen atoms in total. The van der Waals surface area contributed by atoms with E-state index in [-0.39, 0.29) is 5.56 Å². The van der Waals surface area contributed by atoms with Crippen molar-refractivity contribution in [2.45, 2.75) is 0 Å².